The van der Waals surface area contributed by atoms with Gasteiger partial charge in [0.25, 0.3) is 0 Å². The normalized spacial score (nSPS) is 12.9. The third-order valence-corrected chi connectivity index (χ3v) is 4.08. The molecule has 0 spiro atoms. The summed E-state index contributed by atoms with van der Waals surface area (Å²) in [6.07, 6.45) is 1.61. The highest BCUT2D eigenvalue weighted by atomic mass is 35.5. The van der Waals surface area contributed by atoms with E-state index in [1.807, 2.05) is 30.3 Å². The monoisotopic (exact) mass is 358 g/mol. The molecule has 2 aromatic carbocycles. The number of aromatic amines is 1. The number of H-pyrrole nitrogens is 1. The molecule has 24 heavy (non-hydrogen) atoms. The zero-order valence-corrected chi connectivity index (χ0v) is 13.8. The van der Waals surface area contributed by atoms with Gasteiger partial charge < -0.3 is 9.47 Å². The maximum Gasteiger partial charge on any atom is 0.231 e. The Labute approximate surface area is 147 Å². The van der Waals surface area contributed by atoms with Crippen LogP contribution in [0.1, 0.15) is 5.56 Å². The Kier molecular flexibility index (Phi) is 3.79. The molecule has 120 valence electrons. The Hall–Kier alpha value is -2.64. The lowest BCUT2D eigenvalue weighted by Gasteiger charge is -2.03. The van der Waals surface area contributed by atoms with Gasteiger partial charge in [0.15, 0.2) is 17.3 Å². The Morgan fingerprint density at radius 3 is 2.75 bits per heavy atom. The molecular formula is C16H11ClN4O2S. The van der Waals surface area contributed by atoms with Crippen LogP contribution in [0.2, 0.25) is 5.02 Å². The van der Waals surface area contributed by atoms with E-state index in [1.54, 1.807) is 23.0 Å². The van der Waals surface area contributed by atoms with Gasteiger partial charge in [0, 0.05) is 17.2 Å². The third kappa shape index (κ3) is 2.68. The molecule has 6 nitrogen and oxygen atoms in total. The molecule has 0 radical (unpaired) electrons. The zero-order valence-electron chi connectivity index (χ0n) is 12.3. The van der Waals surface area contributed by atoms with Crippen LogP contribution in [0, 0.1) is 4.77 Å². The SMILES string of the molecule is S=c1[nH]nc(-c2ccccc2)n1/N=C/c1cc2c(cc1Cl)OCO2. The Balaban J connectivity index is 1.73. The van der Waals surface area contributed by atoms with Crippen molar-refractivity contribution in [1.29, 1.82) is 0 Å². The van der Waals surface area contributed by atoms with E-state index in [2.05, 4.69) is 15.3 Å². The summed E-state index contributed by atoms with van der Waals surface area (Å²) in [5.74, 6) is 1.88. The number of hydrogen-bond donors (Lipinski definition) is 1. The number of aromatic nitrogens is 3. The molecule has 1 aliphatic rings. The summed E-state index contributed by atoms with van der Waals surface area (Å²) in [6.45, 7) is 0.192. The molecule has 0 saturated carbocycles. The number of halogens is 1. The van der Waals surface area contributed by atoms with E-state index in [-0.39, 0.29) is 6.79 Å². The number of nitrogens with one attached hydrogen (secondary N) is 1. The smallest absolute Gasteiger partial charge is 0.231 e. The van der Waals surface area contributed by atoms with Gasteiger partial charge in [-0.05, 0) is 18.3 Å². The zero-order chi connectivity index (χ0) is 16.5. The van der Waals surface area contributed by atoms with Crippen molar-refractivity contribution in [2.24, 2.45) is 5.10 Å². The van der Waals surface area contributed by atoms with Crippen LogP contribution in [0.25, 0.3) is 11.4 Å². The fourth-order valence-electron chi connectivity index (χ4n) is 2.32. The average molecular weight is 359 g/mol. The molecule has 0 unspecified atom stereocenters. The number of hydrogen-bond acceptors (Lipinski definition) is 5. The van der Waals surface area contributed by atoms with Gasteiger partial charge >= 0.3 is 0 Å². The molecule has 0 saturated heterocycles. The number of nitrogens with zero attached hydrogens (tertiary/aromatic N) is 3. The molecule has 1 aliphatic heterocycles. The predicted octanol–water partition coefficient (Wildman–Crippen LogP) is 3.87. The fourth-order valence-corrected chi connectivity index (χ4v) is 2.71. The number of fused-ring (bicyclic) bond motifs is 1. The summed E-state index contributed by atoms with van der Waals surface area (Å²) in [5.41, 5.74) is 1.60. The van der Waals surface area contributed by atoms with Crippen LogP contribution in [-0.2, 0) is 0 Å². The molecule has 0 aliphatic carbocycles. The predicted molar refractivity (Wildman–Crippen MR) is 93.4 cm³/mol. The Bertz CT molecular complexity index is 981. The van der Waals surface area contributed by atoms with Crippen molar-refractivity contribution in [3.63, 3.8) is 0 Å². The molecule has 1 aromatic heterocycles. The Morgan fingerprint density at radius 2 is 1.96 bits per heavy atom. The maximum absolute atomic E-state index is 6.26. The topological polar surface area (TPSA) is 64.4 Å². The summed E-state index contributed by atoms with van der Waals surface area (Å²) in [5, 5.41) is 11.9. The molecular weight excluding hydrogens is 348 g/mol. The van der Waals surface area contributed by atoms with E-state index in [9.17, 15) is 0 Å². The van der Waals surface area contributed by atoms with E-state index in [1.165, 1.54) is 0 Å². The van der Waals surface area contributed by atoms with Gasteiger partial charge in [0.2, 0.25) is 11.6 Å². The van der Waals surface area contributed by atoms with Crippen molar-refractivity contribution >= 4 is 30.0 Å². The van der Waals surface area contributed by atoms with Gasteiger partial charge in [0.1, 0.15) is 0 Å². The van der Waals surface area contributed by atoms with Crippen LogP contribution in [0.5, 0.6) is 11.5 Å². The van der Waals surface area contributed by atoms with Gasteiger partial charge in [-0.1, -0.05) is 41.9 Å². The first-order valence-electron chi connectivity index (χ1n) is 7.09. The van der Waals surface area contributed by atoms with Gasteiger partial charge in [-0.3, -0.25) is 0 Å². The van der Waals surface area contributed by atoms with Gasteiger partial charge in [-0.25, -0.2) is 5.10 Å². The molecule has 2 heterocycles. The van der Waals surface area contributed by atoms with Crippen molar-refractivity contribution in [1.82, 2.24) is 14.9 Å². The van der Waals surface area contributed by atoms with Crippen molar-refractivity contribution in [2.45, 2.75) is 0 Å². The van der Waals surface area contributed by atoms with Gasteiger partial charge in [-0.15, -0.1) is 0 Å². The molecule has 0 amide bonds. The van der Waals surface area contributed by atoms with Gasteiger partial charge in [-0.2, -0.15) is 14.9 Å². The lowest BCUT2D eigenvalue weighted by molar-refractivity contribution is 0.174. The van der Waals surface area contributed by atoms with Crippen molar-refractivity contribution in [2.75, 3.05) is 6.79 Å². The first-order valence-corrected chi connectivity index (χ1v) is 7.87. The van der Waals surface area contributed by atoms with Crippen LogP contribution >= 0.6 is 23.8 Å². The first kappa shape index (κ1) is 14.9. The fraction of sp³-hybridized carbons (Fsp3) is 0.0625. The van der Waals surface area contributed by atoms with Crippen LogP contribution in [0.3, 0.4) is 0 Å². The highest BCUT2D eigenvalue weighted by molar-refractivity contribution is 7.71. The molecule has 4 rings (SSSR count). The van der Waals surface area contributed by atoms with Gasteiger partial charge in [0.05, 0.1) is 11.2 Å². The summed E-state index contributed by atoms with van der Waals surface area (Å²) in [4.78, 5) is 0. The van der Waals surface area contributed by atoms with E-state index >= 15 is 0 Å². The lowest BCUT2D eigenvalue weighted by atomic mass is 10.2. The molecule has 8 heteroatoms. The summed E-state index contributed by atoms with van der Waals surface area (Å²) in [7, 11) is 0. The van der Waals surface area contributed by atoms with Crippen LogP contribution in [0.4, 0.5) is 0 Å². The van der Waals surface area contributed by atoms with E-state index in [0.717, 1.165) is 5.56 Å². The molecule has 0 atom stereocenters. The molecule has 3 aromatic rings. The summed E-state index contributed by atoms with van der Waals surface area (Å²) >= 11 is 11.5. The minimum Gasteiger partial charge on any atom is -0.454 e. The second kappa shape index (κ2) is 6.10. The molecule has 0 bridgehead atoms. The van der Waals surface area contributed by atoms with Crippen LogP contribution in [-0.4, -0.2) is 27.9 Å². The van der Waals surface area contributed by atoms with E-state index < -0.39 is 0 Å². The summed E-state index contributed by atoms with van der Waals surface area (Å²) < 4.78 is 12.6. The number of rotatable bonds is 3. The Morgan fingerprint density at radius 1 is 1.21 bits per heavy atom. The highest BCUT2D eigenvalue weighted by Gasteiger charge is 2.16. The van der Waals surface area contributed by atoms with Crippen molar-refractivity contribution in [3.05, 3.63) is 57.8 Å². The second-order valence-corrected chi connectivity index (χ2v) is 5.80. The third-order valence-electron chi connectivity index (χ3n) is 3.49. The average Bonchev–Trinajstić information content (AvgIpc) is 3.19. The van der Waals surface area contributed by atoms with E-state index in [4.69, 9.17) is 33.3 Å². The second-order valence-electron chi connectivity index (χ2n) is 5.00. The quantitative estimate of drug-likeness (QED) is 0.570. The standard InChI is InChI=1S/C16H11ClN4O2S/c17-12-7-14-13(22-9-23-14)6-11(12)8-18-21-15(19-20-16(21)24)10-4-2-1-3-5-10/h1-8H,9H2,(H,20,24)/b18-8+. The minimum absolute atomic E-state index is 0.192. The lowest BCUT2D eigenvalue weighted by Crippen LogP contribution is -1.95. The maximum atomic E-state index is 6.26. The highest BCUT2D eigenvalue weighted by Crippen LogP contribution is 2.36. The number of benzene rings is 2. The van der Waals surface area contributed by atoms with E-state index in [0.29, 0.717) is 32.7 Å². The van der Waals surface area contributed by atoms with Crippen LogP contribution in [0.15, 0.2) is 47.6 Å². The molecule has 1 N–H and O–H groups in total. The molecule has 0 fully saturated rings. The minimum atomic E-state index is 0.192. The van der Waals surface area contributed by atoms with Crippen LogP contribution < -0.4 is 9.47 Å². The van der Waals surface area contributed by atoms with Crippen molar-refractivity contribution in [3.8, 4) is 22.9 Å². The first-order chi connectivity index (χ1) is 11.7. The number of ether oxygens (including phenoxy) is 2. The van der Waals surface area contributed by atoms with Crippen molar-refractivity contribution < 1.29 is 9.47 Å². The summed E-state index contributed by atoms with van der Waals surface area (Å²) in [6, 6.07) is 13.1. The largest absolute Gasteiger partial charge is 0.454 e.